The van der Waals surface area contributed by atoms with Crippen molar-refractivity contribution in [3.8, 4) is 6.07 Å². The Kier molecular flexibility index (Phi) is 4.98. The zero-order valence-electron chi connectivity index (χ0n) is 16.7. The van der Waals surface area contributed by atoms with Gasteiger partial charge in [0.1, 0.15) is 11.9 Å². The molecular weight excluding hydrogens is 378 g/mol. The van der Waals surface area contributed by atoms with E-state index in [-0.39, 0.29) is 17.3 Å². The summed E-state index contributed by atoms with van der Waals surface area (Å²) in [5.41, 5.74) is 2.05. The van der Waals surface area contributed by atoms with Gasteiger partial charge >= 0.3 is 5.69 Å². The Morgan fingerprint density at radius 3 is 2.47 bits per heavy atom. The number of anilines is 1. The van der Waals surface area contributed by atoms with Gasteiger partial charge in [-0.15, -0.1) is 0 Å². The van der Waals surface area contributed by atoms with Gasteiger partial charge in [-0.3, -0.25) is 13.9 Å². The third-order valence-corrected chi connectivity index (χ3v) is 5.45. The number of hydrogen-bond donors (Lipinski definition) is 2. The molecule has 0 radical (unpaired) electrons. The number of H-pyrrole nitrogens is 1. The predicted octanol–water partition coefficient (Wildman–Crippen LogP) is 2.68. The summed E-state index contributed by atoms with van der Waals surface area (Å²) in [4.78, 5) is 28.1. The highest BCUT2D eigenvalue weighted by molar-refractivity contribution is 5.84. The number of fused-ring (bicyclic) bond motifs is 1. The molecule has 2 N–H and O–H groups in total. The molecule has 2 heterocycles. The number of aromatic amines is 1. The van der Waals surface area contributed by atoms with E-state index in [4.69, 9.17) is 0 Å². The number of benzene rings is 2. The average Bonchev–Trinajstić information content (AvgIpc) is 3.20. The Balaban J connectivity index is 1.80. The topological polar surface area (TPSA) is 95.6 Å². The van der Waals surface area contributed by atoms with E-state index in [9.17, 15) is 14.9 Å². The Labute approximate surface area is 172 Å². The van der Waals surface area contributed by atoms with Crippen molar-refractivity contribution >= 4 is 16.7 Å². The molecule has 0 unspecified atom stereocenters. The second-order valence-electron chi connectivity index (χ2n) is 7.17. The van der Waals surface area contributed by atoms with Crippen LogP contribution in [0, 0.1) is 11.3 Å². The van der Waals surface area contributed by atoms with Crippen LogP contribution in [-0.4, -0.2) is 20.7 Å². The smallest absolute Gasteiger partial charge is 0.332 e. The molecule has 150 valence electrons. The first-order valence-corrected chi connectivity index (χ1v) is 9.58. The summed E-state index contributed by atoms with van der Waals surface area (Å²) in [6.07, 6.45) is 1.98. The number of hydrogen-bond acceptors (Lipinski definition) is 4. The van der Waals surface area contributed by atoms with Crippen LogP contribution in [0.15, 0.2) is 70.4 Å². The molecule has 0 saturated heterocycles. The van der Waals surface area contributed by atoms with Crippen molar-refractivity contribution < 1.29 is 0 Å². The van der Waals surface area contributed by atoms with Crippen LogP contribution in [0.5, 0.6) is 0 Å². The molecule has 2 aromatic carbocycles. The number of nitriles is 1. The number of nitrogens with zero attached hydrogens (tertiary/aromatic N) is 3. The lowest BCUT2D eigenvalue weighted by Crippen LogP contribution is -2.40. The number of nitrogens with one attached hydrogen (secondary N) is 2. The van der Waals surface area contributed by atoms with Gasteiger partial charge in [0.15, 0.2) is 5.56 Å². The third kappa shape index (κ3) is 3.18. The minimum atomic E-state index is -0.605. The van der Waals surface area contributed by atoms with E-state index in [2.05, 4.69) is 16.4 Å². The Bertz CT molecular complexity index is 1370. The van der Waals surface area contributed by atoms with Crippen LogP contribution in [0.25, 0.3) is 10.9 Å². The fourth-order valence-corrected chi connectivity index (χ4v) is 3.83. The molecule has 0 aliphatic carbocycles. The maximum atomic E-state index is 12.4. The van der Waals surface area contributed by atoms with Crippen molar-refractivity contribution in [2.45, 2.75) is 5.92 Å². The summed E-state index contributed by atoms with van der Waals surface area (Å²) in [5.74, 6) is 0.166. The lowest BCUT2D eigenvalue weighted by molar-refractivity contribution is 0.682. The molecule has 4 aromatic rings. The molecule has 0 fully saturated rings. The molecule has 7 heteroatoms. The summed E-state index contributed by atoms with van der Waals surface area (Å²) < 4.78 is 2.25. The van der Waals surface area contributed by atoms with Crippen LogP contribution in [0.2, 0.25) is 0 Å². The minimum absolute atomic E-state index is 0.0620. The van der Waals surface area contributed by atoms with E-state index in [0.29, 0.717) is 6.54 Å². The molecule has 0 aliphatic rings. The van der Waals surface area contributed by atoms with Crippen LogP contribution in [0.1, 0.15) is 22.6 Å². The Morgan fingerprint density at radius 1 is 1.03 bits per heavy atom. The van der Waals surface area contributed by atoms with E-state index in [0.717, 1.165) is 26.6 Å². The maximum absolute atomic E-state index is 12.4. The average molecular weight is 399 g/mol. The highest BCUT2D eigenvalue weighted by Crippen LogP contribution is 2.31. The summed E-state index contributed by atoms with van der Waals surface area (Å²) in [6, 6.07) is 20.0. The monoisotopic (exact) mass is 399 g/mol. The van der Waals surface area contributed by atoms with Crippen molar-refractivity contribution in [3.05, 3.63) is 98.3 Å². The van der Waals surface area contributed by atoms with E-state index in [1.165, 1.54) is 11.6 Å². The van der Waals surface area contributed by atoms with Crippen LogP contribution in [0.3, 0.4) is 0 Å². The summed E-state index contributed by atoms with van der Waals surface area (Å²) >= 11 is 0. The van der Waals surface area contributed by atoms with Gasteiger partial charge in [0, 0.05) is 43.7 Å². The lowest BCUT2D eigenvalue weighted by atomic mass is 9.91. The predicted molar refractivity (Wildman–Crippen MR) is 117 cm³/mol. The first kappa shape index (κ1) is 19.3. The second-order valence-corrected chi connectivity index (χ2v) is 7.17. The number of aromatic nitrogens is 3. The Morgan fingerprint density at radius 2 is 1.73 bits per heavy atom. The molecule has 0 spiro atoms. The van der Waals surface area contributed by atoms with Gasteiger partial charge in [-0.2, -0.15) is 5.26 Å². The van der Waals surface area contributed by atoms with Gasteiger partial charge in [0.2, 0.25) is 0 Å². The largest absolute Gasteiger partial charge is 0.369 e. The van der Waals surface area contributed by atoms with Crippen LogP contribution >= 0.6 is 0 Å². The third-order valence-electron chi connectivity index (χ3n) is 5.45. The van der Waals surface area contributed by atoms with Gasteiger partial charge in [0.25, 0.3) is 5.56 Å². The fraction of sp³-hybridized carbons (Fsp3) is 0.174. The van der Waals surface area contributed by atoms with Gasteiger partial charge in [-0.05, 0) is 17.2 Å². The minimum Gasteiger partial charge on any atom is -0.369 e. The van der Waals surface area contributed by atoms with Crippen molar-refractivity contribution in [2.75, 3.05) is 11.9 Å². The number of para-hydroxylation sites is 1. The van der Waals surface area contributed by atoms with Gasteiger partial charge in [0.05, 0.1) is 0 Å². The number of rotatable bonds is 5. The first-order chi connectivity index (χ1) is 14.5. The molecule has 0 saturated carbocycles. The fourth-order valence-electron chi connectivity index (χ4n) is 3.83. The zero-order chi connectivity index (χ0) is 21.3. The summed E-state index contributed by atoms with van der Waals surface area (Å²) in [5, 5.41) is 13.8. The molecule has 4 rings (SSSR count). The summed E-state index contributed by atoms with van der Waals surface area (Å²) in [6.45, 7) is 0.404. The van der Waals surface area contributed by atoms with Gasteiger partial charge in [-0.1, -0.05) is 48.5 Å². The molecule has 0 aliphatic heterocycles. The molecule has 0 amide bonds. The molecule has 2 aromatic heterocycles. The van der Waals surface area contributed by atoms with Crippen LogP contribution < -0.4 is 16.6 Å². The lowest BCUT2D eigenvalue weighted by Gasteiger charge is -2.20. The zero-order valence-corrected chi connectivity index (χ0v) is 16.7. The van der Waals surface area contributed by atoms with Crippen molar-refractivity contribution in [2.24, 2.45) is 14.1 Å². The first-order valence-electron chi connectivity index (χ1n) is 9.58. The van der Waals surface area contributed by atoms with Crippen molar-refractivity contribution in [1.29, 1.82) is 5.26 Å². The molecule has 1 atom stereocenters. The van der Waals surface area contributed by atoms with Crippen molar-refractivity contribution in [3.63, 3.8) is 0 Å². The van der Waals surface area contributed by atoms with Crippen LogP contribution in [-0.2, 0) is 14.1 Å². The van der Waals surface area contributed by atoms with Crippen LogP contribution in [0.4, 0.5) is 5.82 Å². The van der Waals surface area contributed by atoms with Crippen molar-refractivity contribution in [1.82, 2.24) is 14.1 Å². The molecule has 30 heavy (non-hydrogen) atoms. The van der Waals surface area contributed by atoms with E-state index >= 15 is 0 Å². The Hall–Kier alpha value is -4.05. The van der Waals surface area contributed by atoms with E-state index < -0.39 is 11.2 Å². The maximum Gasteiger partial charge on any atom is 0.332 e. The molecular formula is C23H21N5O2. The SMILES string of the molecule is Cn1c(NC[C@H](c2ccccc2)c2c[nH]c3ccccc23)c(C#N)c(=O)n(C)c1=O. The van der Waals surface area contributed by atoms with Gasteiger partial charge in [-0.25, -0.2) is 4.79 Å². The standard InChI is InChI=1S/C23H21N5O2/c1-27-21(17(12-24)22(29)28(2)23(27)30)26-13-18(15-8-4-3-5-9-15)19-14-25-20-11-7-6-10-16(19)20/h3-11,14,18,25-26H,13H2,1-2H3/t18-/m1/s1. The summed E-state index contributed by atoms with van der Waals surface area (Å²) in [7, 11) is 2.92. The van der Waals surface area contributed by atoms with E-state index in [1.54, 1.807) is 7.05 Å². The quantitative estimate of drug-likeness (QED) is 0.539. The normalized spacial score (nSPS) is 11.9. The van der Waals surface area contributed by atoms with E-state index in [1.807, 2.05) is 60.8 Å². The molecule has 7 nitrogen and oxygen atoms in total. The highest BCUT2D eigenvalue weighted by atomic mass is 16.2. The second kappa shape index (κ2) is 7.76. The molecule has 0 bridgehead atoms. The highest BCUT2D eigenvalue weighted by Gasteiger charge is 2.21. The van der Waals surface area contributed by atoms with Gasteiger partial charge < -0.3 is 10.3 Å².